The van der Waals surface area contributed by atoms with Crippen LogP contribution in [0.2, 0.25) is 0 Å². The Morgan fingerprint density at radius 3 is 2.40 bits per heavy atom. The van der Waals surface area contributed by atoms with Crippen molar-refractivity contribution in [1.29, 1.82) is 0 Å². The number of rotatable bonds is 4. The third-order valence-corrected chi connectivity index (χ3v) is 4.49. The molecule has 114 valence electrons. The summed E-state index contributed by atoms with van der Waals surface area (Å²) in [5.74, 6) is 0.0654. The molecule has 1 heterocycles. The minimum absolute atomic E-state index is 0.0880. The van der Waals surface area contributed by atoms with Gasteiger partial charge < -0.3 is 10.0 Å². The molecular weight excluding hydrogens is 256 g/mol. The lowest BCUT2D eigenvalue weighted by Gasteiger charge is -2.26. The van der Waals surface area contributed by atoms with Crippen molar-refractivity contribution in [3.63, 3.8) is 0 Å². The lowest BCUT2D eigenvalue weighted by atomic mass is 9.86. The minimum Gasteiger partial charge on any atom is -0.480 e. The highest BCUT2D eigenvalue weighted by Gasteiger charge is 2.23. The van der Waals surface area contributed by atoms with E-state index < -0.39 is 5.97 Å². The molecule has 0 aromatic carbocycles. The first-order chi connectivity index (χ1) is 9.65. The van der Waals surface area contributed by atoms with Crippen LogP contribution in [0, 0.1) is 5.92 Å². The summed E-state index contributed by atoms with van der Waals surface area (Å²) >= 11 is 0. The van der Waals surface area contributed by atoms with Crippen molar-refractivity contribution >= 4 is 11.9 Å². The summed E-state index contributed by atoms with van der Waals surface area (Å²) in [4.78, 5) is 26.9. The number of carbonyl (C=O) groups is 2. The van der Waals surface area contributed by atoms with Crippen LogP contribution in [-0.4, -0.2) is 59.5 Å². The second-order valence-electron chi connectivity index (χ2n) is 6.11. The van der Waals surface area contributed by atoms with Crippen LogP contribution in [0.4, 0.5) is 0 Å². The first-order valence-electron chi connectivity index (χ1n) is 7.87. The van der Waals surface area contributed by atoms with Crippen LogP contribution < -0.4 is 0 Å². The predicted octanol–water partition coefficient (Wildman–Crippen LogP) is 1.58. The maximum atomic E-state index is 12.3. The maximum absolute atomic E-state index is 12.3. The van der Waals surface area contributed by atoms with Gasteiger partial charge >= 0.3 is 5.97 Å². The van der Waals surface area contributed by atoms with Gasteiger partial charge in [0.1, 0.15) is 0 Å². The van der Waals surface area contributed by atoms with Gasteiger partial charge in [0.05, 0.1) is 6.54 Å². The molecule has 2 fully saturated rings. The molecule has 0 radical (unpaired) electrons. The van der Waals surface area contributed by atoms with Crippen molar-refractivity contribution < 1.29 is 14.7 Å². The summed E-state index contributed by atoms with van der Waals surface area (Å²) in [5.41, 5.74) is 0. The number of carboxylic acids is 1. The topological polar surface area (TPSA) is 60.9 Å². The summed E-state index contributed by atoms with van der Waals surface area (Å²) in [7, 11) is 0. The van der Waals surface area contributed by atoms with E-state index in [1.54, 1.807) is 0 Å². The standard InChI is InChI=1S/C15H26N2O3/c18-14(11-13-5-2-1-3-6-13)17-8-4-7-16(9-10-17)12-15(19)20/h13H,1-12H2,(H,19,20). The van der Waals surface area contributed by atoms with Crippen molar-refractivity contribution in [2.45, 2.75) is 44.9 Å². The summed E-state index contributed by atoms with van der Waals surface area (Å²) in [6.07, 6.45) is 7.82. The molecule has 1 aliphatic carbocycles. The van der Waals surface area contributed by atoms with Gasteiger partial charge in [0.15, 0.2) is 0 Å². The molecule has 0 spiro atoms. The highest BCUT2D eigenvalue weighted by Crippen LogP contribution is 2.27. The molecule has 0 bridgehead atoms. The molecule has 1 N–H and O–H groups in total. The Labute approximate surface area is 120 Å². The maximum Gasteiger partial charge on any atom is 0.317 e. The van der Waals surface area contributed by atoms with E-state index in [9.17, 15) is 9.59 Å². The van der Waals surface area contributed by atoms with E-state index in [1.807, 2.05) is 9.80 Å². The summed E-state index contributed by atoms with van der Waals surface area (Å²) in [5, 5.41) is 8.83. The van der Waals surface area contributed by atoms with Gasteiger partial charge in [0, 0.05) is 32.6 Å². The fraction of sp³-hybridized carbons (Fsp3) is 0.867. The molecule has 5 heteroatoms. The van der Waals surface area contributed by atoms with Crippen molar-refractivity contribution in [3.05, 3.63) is 0 Å². The Morgan fingerprint density at radius 2 is 1.70 bits per heavy atom. The number of aliphatic carboxylic acids is 1. The number of nitrogens with zero attached hydrogens (tertiary/aromatic N) is 2. The van der Waals surface area contributed by atoms with Crippen molar-refractivity contribution in [2.75, 3.05) is 32.7 Å². The Kier molecular flexibility index (Phi) is 5.83. The molecular formula is C15H26N2O3. The zero-order valence-corrected chi connectivity index (χ0v) is 12.2. The third kappa shape index (κ3) is 4.78. The zero-order valence-electron chi connectivity index (χ0n) is 12.2. The second kappa shape index (κ2) is 7.62. The first-order valence-corrected chi connectivity index (χ1v) is 7.87. The molecule has 0 aromatic heterocycles. The Morgan fingerprint density at radius 1 is 0.950 bits per heavy atom. The highest BCUT2D eigenvalue weighted by molar-refractivity contribution is 5.76. The lowest BCUT2D eigenvalue weighted by molar-refractivity contribution is -0.138. The van der Waals surface area contributed by atoms with Crippen LogP contribution in [0.15, 0.2) is 0 Å². The third-order valence-electron chi connectivity index (χ3n) is 4.49. The van der Waals surface area contributed by atoms with E-state index in [0.29, 0.717) is 25.4 Å². The zero-order chi connectivity index (χ0) is 14.4. The summed E-state index contributed by atoms with van der Waals surface area (Å²) in [6, 6.07) is 0. The van der Waals surface area contributed by atoms with Gasteiger partial charge in [-0.1, -0.05) is 19.3 Å². The average molecular weight is 282 g/mol. The van der Waals surface area contributed by atoms with Gasteiger partial charge in [0.25, 0.3) is 0 Å². The van der Waals surface area contributed by atoms with E-state index in [0.717, 1.165) is 19.5 Å². The molecule has 0 atom stereocenters. The fourth-order valence-electron chi connectivity index (χ4n) is 3.34. The van der Waals surface area contributed by atoms with Gasteiger partial charge in [0.2, 0.25) is 5.91 Å². The van der Waals surface area contributed by atoms with Gasteiger partial charge in [-0.05, 0) is 25.2 Å². The molecule has 20 heavy (non-hydrogen) atoms. The summed E-state index contributed by atoms with van der Waals surface area (Å²) in [6.45, 7) is 3.01. The smallest absolute Gasteiger partial charge is 0.317 e. The van der Waals surface area contributed by atoms with Crippen LogP contribution >= 0.6 is 0 Å². The monoisotopic (exact) mass is 282 g/mol. The molecule has 1 aliphatic heterocycles. The quantitative estimate of drug-likeness (QED) is 0.850. The SMILES string of the molecule is O=C(O)CN1CCCN(C(=O)CC2CCCCC2)CC1. The largest absolute Gasteiger partial charge is 0.480 e. The number of amides is 1. The normalized spacial score (nSPS) is 22.5. The fourth-order valence-corrected chi connectivity index (χ4v) is 3.34. The van der Waals surface area contributed by atoms with E-state index in [4.69, 9.17) is 5.11 Å². The highest BCUT2D eigenvalue weighted by atomic mass is 16.4. The molecule has 1 amide bonds. The molecule has 0 unspecified atom stereocenters. The van der Waals surface area contributed by atoms with Crippen LogP contribution in [0.25, 0.3) is 0 Å². The van der Waals surface area contributed by atoms with Crippen LogP contribution in [0.3, 0.4) is 0 Å². The lowest BCUT2D eigenvalue weighted by Crippen LogP contribution is -2.37. The van der Waals surface area contributed by atoms with Crippen molar-refractivity contribution in [3.8, 4) is 0 Å². The Hall–Kier alpha value is -1.10. The molecule has 1 saturated heterocycles. The van der Waals surface area contributed by atoms with Crippen molar-refractivity contribution in [2.24, 2.45) is 5.92 Å². The van der Waals surface area contributed by atoms with E-state index >= 15 is 0 Å². The van der Waals surface area contributed by atoms with Crippen LogP contribution in [0.5, 0.6) is 0 Å². The van der Waals surface area contributed by atoms with E-state index in [1.165, 1.54) is 32.1 Å². The number of carboxylic acid groups (broad SMARTS) is 1. The van der Waals surface area contributed by atoms with Crippen LogP contribution in [0.1, 0.15) is 44.9 Å². The Bertz CT molecular complexity index is 340. The molecule has 2 rings (SSSR count). The Balaban J connectivity index is 1.77. The minimum atomic E-state index is -0.785. The molecule has 1 saturated carbocycles. The average Bonchev–Trinajstić information content (AvgIpc) is 2.65. The van der Waals surface area contributed by atoms with E-state index in [-0.39, 0.29) is 12.5 Å². The predicted molar refractivity (Wildman–Crippen MR) is 76.5 cm³/mol. The van der Waals surface area contributed by atoms with Gasteiger partial charge in [-0.2, -0.15) is 0 Å². The van der Waals surface area contributed by atoms with Crippen molar-refractivity contribution in [1.82, 2.24) is 9.80 Å². The van der Waals surface area contributed by atoms with Gasteiger partial charge in [-0.3, -0.25) is 14.5 Å². The van der Waals surface area contributed by atoms with E-state index in [2.05, 4.69) is 0 Å². The van der Waals surface area contributed by atoms with Crippen LogP contribution in [-0.2, 0) is 9.59 Å². The molecule has 2 aliphatic rings. The van der Waals surface area contributed by atoms with Gasteiger partial charge in [-0.15, -0.1) is 0 Å². The van der Waals surface area contributed by atoms with Gasteiger partial charge in [-0.25, -0.2) is 0 Å². The molecule has 0 aromatic rings. The number of hydrogen-bond donors (Lipinski definition) is 1. The first kappa shape index (κ1) is 15.3. The second-order valence-corrected chi connectivity index (χ2v) is 6.11. The summed E-state index contributed by atoms with van der Waals surface area (Å²) < 4.78 is 0. The number of hydrogen-bond acceptors (Lipinski definition) is 3. The number of carbonyl (C=O) groups excluding carboxylic acids is 1. The molecule has 5 nitrogen and oxygen atoms in total.